The number of carbonyl (C=O) groups excluding carboxylic acids is 2. The van der Waals surface area contributed by atoms with Gasteiger partial charge in [-0.15, -0.1) is 0 Å². The summed E-state index contributed by atoms with van der Waals surface area (Å²) < 4.78 is 5.57. The largest absolute Gasteiger partial charge is 0.491 e. The Labute approximate surface area is 154 Å². The van der Waals surface area contributed by atoms with E-state index in [4.69, 9.17) is 4.74 Å². The minimum atomic E-state index is -1.21. The van der Waals surface area contributed by atoms with E-state index in [1.165, 1.54) is 0 Å². The van der Waals surface area contributed by atoms with Crippen LogP contribution in [0.2, 0.25) is 0 Å². The SMILES string of the molecule is CC(C)Oc1ccc(NC(=O)C(C)(C)C(=O)NCc2ccncc2)cc1. The molecule has 0 fully saturated rings. The van der Waals surface area contributed by atoms with Crippen molar-refractivity contribution >= 4 is 17.5 Å². The Hall–Kier alpha value is -2.89. The molecule has 0 unspecified atom stereocenters. The Bertz CT molecular complexity index is 741. The van der Waals surface area contributed by atoms with Gasteiger partial charge in [-0.1, -0.05) is 0 Å². The molecule has 2 rings (SSSR count). The Morgan fingerprint density at radius 2 is 1.65 bits per heavy atom. The third kappa shape index (κ3) is 5.31. The number of benzene rings is 1. The Kier molecular flexibility index (Phi) is 6.33. The molecule has 138 valence electrons. The number of hydrogen-bond donors (Lipinski definition) is 2. The first kappa shape index (κ1) is 19.4. The highest BCUT2D eigenvalue weighted by Crippen LogP contribution is 2.21. The third-order valence-electron chi connectivity index (χ3n) is 3.82. The maximum atomic E-state index is 12.5. The van der Waals surface area contributed by atoms with E-state index >= 15 is 0 Å². The maximum Gasteiger partial charge on any atom is 0.239 e. The number of carbonyl (C=O) groups is 2. The van der Waals surface area contributed by atoms with Crippen molar-refractivity contribution in [3.05, 3.63) is 54.4 Å². The van der Waals surface area contributed by atoms with Gasteiger partial charge in [0.2, 0.25) is 11.8 Å². The molecule has 0 saturated carbocycles. The monoisotopic (exact) mass is 355 g/mol. The van der Waals surface area contributed by atoms with Crippen molar-refractivity contribution in [2.75, 3.05) is 5.32 Å². The first-order valence-electron chi connectivity index (χ1n) is 8.54. The number of hydrogen-bond acceptors (Lipinski definition) is 4. The Morgan fingerprint density at radius 3 is 2.23 bits per heavy atom. The van der Waals surface area contributed by atoms with E-state index < -0.39 is 5.41 Å². The van der Waals surface area contributed by atoms with Gasteiger partial charge in [0, 0.05) is 24.6 Å². The standard InChI is InChI=1S/C20H25N3O3/c1-14(2)26-17-7-5-16(6-8-17)23-19(25)20(3,4)18(24)22-13-15-9-11-21-12-10-15/h5-12,14H,13H2,1-4H3,(H,22,24)(H,23,25). The number of aromatic nitrogens is 1. The summed E-state index contributed by atoms with van der Waals surface area (Å²) in [5.74, 6) is 0.0150. The lowest BCUT2D eigenvalue weighted by molar-refractivity contribution is -0.138. The molecule has 0 bridgehead atoms. The van der Waals surface area contributed by atoms with Crippen LogP contribution >= 0.6 is 0 Å². The van der Waals surface area contributed by atoms with Crippen molar-refractivity contribution in [2.24, 2.45) is 5.41 Å². The van der Waals surface area contributed by atoms with E-state index in [0.717, 1.165) is 11.3 Å². The third-order valence-corrected chi connectivity index (χ3v) is 3.82. The summed E-state index contributed by atoms with van der Waals surface area (Å²) in [4.78, 5) is 28.9. The fourth-order valence-electron chi connectivity index (χ4n) is 2.18. The zero-order chi connectivity index (χ0) is 19.2. The second-order valence-electron chi connectivity index (χ2n) is 6.81. The number of anilines is 1. The number of nitrogens with zero attached hydrogens (tertiary/aromatic N) is 1. The number of ether oxygens (including phenoxy) is 1. The van der Waals surface area contributed by atoms with Crippen molar-refractivity contribution in [2.45, 2.75) is 40.3 Å². The molecule has 0 radical (unpaired) electrons. The molecule has 1 aromatic carbocycles. The molecule has 2 amide bonds. The van der Waals surface area contributed by atoms with Crippen LogP contribution < -0.4 is 15.4 Å². The van der Waals surface area contributed by atoms with Crippen LogP contribution in [0.25, 0.3) is 0 Å². The second-order valence-corrected chi connectivity index (χ2v) is 6.81. The molecular weight excluding hydrogens is 330 g/mol. The number of pyridine rings is 1. The molecule has 1 heterocycles. The lowest BCUT2D eigenvalue weighted by Crippen LogP contribution is -2.44. The molecule has 0 spiro atoms. The van der Waals surface area contributed by atoms with Gasteiger partial charge in [0.15, 0.2) is 0 Å². The van der Waals surface area contributed by atoms with E-state index in [0.29, 0.717) is 12.2 Å². The molecule has 0 saturated heterocycles. The maximum absolute atomic E-state index is 12.5. The van der Waals surface area contributed by atoms with Crippen molar-refractivity contribution in [3.63, 3.8) is 0 Å². The van der Waals surface area contributed by atoms with Gasteiger partial charge >= 0.3 is 0 Å². The van der Waals surface area contributed by atoms with E-state index in [1.54, 1.807) is 50.5 Å². The molecule has 0 aliphatic heterocycles. The average Bonchev–Trinajstić information content (AvgIpc) is 2.61. The fourth-order valence-corrected chi connectivity index (χ4v) is 2.18. The van der Waals surface area contributed by atoms with Gasteiger partial charge in [0.25, 0.3) is 0 Å². The molecule has 26 heavy (non-hydrogen) atoms. The summed E-state index contributed by atoms with van der Waals surface area (Å²) in [7, 11) is 0. The summed E-state index contributed by atoms with van der Waals surface area (Å²) >= 11 is 0. The first-order chi connectivity index (χ1) is 12.3. The van der Waals surface area contributed by atoms with Crippen molar-refractivity contribution in [1.29, 1.82) is 0 Å². The van der Waals surface area contributed by atoms with Crippen molar-refractivity contribution < 1.29 is 14.3 Å². The highest BCUT2D eigenvalue weighted by atomic mass is 16.5. The zero-order valence-electron chi connectivity index (χ0n) is 15.6. The van der Waals surface area contributed by atoms with Gasteiger partial charge in [0.1, 0.15) is 11.2 Å². The minimum Gasteiger partial charge on any atom is -0.491 e. The van der Waals surface area contributed by atoms with E-state index in [9.17, 15) is 9.59 Å². The number of rotatable bonds is 7. The van der Waals surface area contributed by atoms with Crippen LogP contribution in [-0.4, -0.2) is 22.9 Å². The summed E-state index contributed by atoms with van der Waals surface area (Å²) in [6, 6.07) is 10.7. The molecular formula is C20H25N3O3. The number of amides is 2. The summed E-state index contributed by atoms with van der Waals surface area (Å²) in [6.45, 7) is 7.44. The van der Waals surface area contributed by atoms with Crippen LogP contribution in [0.1, 0.15) is 33.3 Å². The Morgan fingerprint density at radius 1 is 1.04 bits per heavy atom. The molecule has 2 N–H and O–H groups in total. The number of nitrogens with one attached hydrogen (secondary N) is 2. The summed E-state index contributed by atoms with van der Waals surface area (Å²) in [5, 5.41) is 5.57. The van der Waals surface area contributed by atoms with Crippen LogP contribution in [0.3, 0.4) is 0 Å². The average molecular weight is 355 g/mol. The topological polar surface area (TPSA) is 80.3 Å². The van der Waals surface area contributed by atoms with E-state index in [2.05, 4.69) is 15.6 Å². The molecule has 6 nitrogen and oxygen atoms in total. The first-order valence-corrected chi connectivity index (χ1v) is 8.54. The minimum absolute atomic E-state index is 0.0819. The highest BCUT2D eigenvalue weighted by Gasteiger charge is 2.35. The smallest absolute Gasteiger partial charge is 0.239 e. The van der Waals surface area contributed by atoms with E-state index in [-0.39, 0.29) is 17.9 Å². The molecule has 0 aliphatic rings. The van der Waals surface area contributed by atoms with Crippen LogP contribution in [0.5, 0.6) is 5.75 Å². The zero-order valence-corrected chi connectivity index (χ0v) is 15.6. The van der Waals surface area contributed by atoms with Gasteiger partial charge in [-0.2, -0.15) is 0 Å². The van der Waals surface area contributed by atoms with Crippen LogP contribution in [0.15, 0.2) is 48.8 Å². The van der Waals surface area contributed by atoms with Gasteiger partial charge in [-0.25, -0.2) is 0 Å². The molecule has 1 aromatic heterocycles. The highest BCUT2D eigenvalue weighted by molar-refractivity contribution is 6.09. The molecule has 0 aliphatic carbocycles. The Balaban J connectivity index is 1.94. The predicted molar refractivity (Wildman–Crippen MR) is 101 cm³/mol. The second kappa shape index (κ2) is 8.47. The van der Waals surface area contributed by atoms with Gasteiger partial charge in [0.05, 0.1) is 6.10 Å². The van der Waals surface area contributed by atoms with Crippen LogP contribution in [-0.2, 0) is 16.1 Å². The van der Waals surface area contributed by atoms with Gasteiger partial charge < -0.3 is 15.4 Å². The lowest BCUT2D eigenvalue weighted by atomic mass is 9.91. The van der Waals surface area contributed by atoms with E-state index in [1.807, 2.05) is 26.0 Å². The molecule has 2 aromatic rings. The van der Waals surface area contributed by atoms with Crippen LogP contribution in [0, 0.1) is 5.41 Å². The van der Waals surface area contributed by atoms with Crippen LogP contribution in [0.4, 0.5) is 5.69 Å². The predicted octanol–water partition coefficient (Wildman–Crippen LogP) is 3.15. The molecule has 0 atom stereocenters. The van der Waals surface area contributed by atoms with Gasteiger partial charge in [-0.3, -0.25) is 14.6 Å². The van der Waals surface area contributed by atoms with Crippen molar-refractivity contribution in [3.8, 4) is 5.75 Å². The van der Waals surface area contributed by atoms with Gasteiger partial charge in [-0.05, 0) is 69.7 Å². The normalized spacial score (nSPS) is 11.1. The summed E-state index contributed by atoms with van der Waals surface area (Å²) in [5.41, 5.74) is 0.326. The quantitative estimate of drug-likeness (QED) is 0.748. The fraction of sp³-hybridized carbons (Fsp3) is 0.350. The van der Waals surface area contributed by atoms with Crippen molar-refractivity contribution in [1.82, 2.24) is 10.3 Å². The lowest BCUT2D eigenvalue weighted by Gasteiger charge is -2.23. The summed E-state index contributed by atoms with van der Waals surface area (Å²) in [6.07, 6.45) is 3.40. The molecule has 6 heteroatoms.